The zero-order valence-corrected chi connectivity index (χ0v) is 27.7. The van der Waals surface area contributed by atoms with Crippen LogP contribution < -0.4 is 15.7 Å². The summed E-state index contributed by atoms with van der Waals surface area (Å²) in [5.74, 6) is 0.672. The van der Waals surface area contributed by atoms with Crippen LogP contribution in [-0.4, -0.2) is 61.1 Å². The predicted molar refractivity (Wildman–Crippen MR) is 189 cm³/mol. The summed E-state index contributed by atoms with van der Waals surface area (Å²) in [5, 5.41) is 3.28. The number of carbonyl (C=O) groups is 1. The Balaban J connectivity index is 0.969. The highest BCUT2D eigenvalue weighted by Crippen LogP contribution is 2.27. The Morgan fingerprint density at radius 1 is 1.06 bits per heavy atom. The molecule has 13 heteroatoms. The number of aromatic nitrogens is 5. The summed E-state index contributed by atoms with van der Waals surface area (Å²) in [6.07, 6.45) is 4.05. The molecular formula is C37H33ClFN7O4. The van der Waals surface area contributed by atoms with Crippen molar-refractivity contribution in [2.75, 3.05) is 25.0 Å². The lowest BCUT2D eigenvalue weighted by atomic mass is 10.0. The number of halogens is 2. The molecule has 11 nitrogen and oxygen atoms in total. The Morgan fingerprint density at radius 3 is 2.74 bits per heavy atom. The number of hydrogen-bond acceptors (Lipinski definition) is 7. The Kier molecular flexibility index (Phi) is 8.65. The molecule has 1 saturated heterocycles. The second-order valence-electron chi connectivity index (χ2n) is 12.5. The molecule has 3 aromatic heterocycles. The molecule has 50 heavy (non-hydrogen) atoms. The first-order valence-electron chi connectivity index (χ1n) is 16.4. The van der Waals surface area contributed by atoms with Crippen molar-refractivity contribution >= 4 is 50.8 Å². The number of aromatic amines is 2. The smallest absolute Gasteiger partial charge is 0.323 e. The third-order valence-electron chi connectivity index (χ3n) is 9.14. The number of carbonyl (C=O) groups excluding carboxylic acids is 1. The lowest BCUT2D eigenvalue weighted by Gasteiger charge is -2.29. The second-order valence-corrected chi connectivity index (χ2v) is 13.0. The van der Waals surface area contributed by atoms with Crippen LogP contribution in [0.25, 0.3) is 27.6 Å². The number of ether oxygens (including phenoxy) is 2. The molecule has 5 heterocycles. The lowest BCUT2D eigenvalue weighted by molar-refractivity contribution is -0.0591. The van der Waals surface area contributed by atoms with E-state index in [1.807, 2.05) is 24.3 Å². The van der Waals surface area contributed by atoms with Crippen LogP contribution in [0.5, 0.6) is 5.88 Å². The third-order valence-corrected chi connectivity index (χ3v) is 9.38. The number of nitrogens with one attached hydrogen (secondary N) is 3. The summed E-state index contributed by atoms with van der Waals surface area (Å²) in [6.45, 7) is 3.60. The highest BCUT2D eigenvalue weighted by molar-refractivity contribution is 6.30. The van der Waals surface area contributed by atoms with Crippen LogP contribution in [0.3, 0.4) is 0 Å². The van der Waals surface area contributed by atoms with E-state index in [9.17, 15) is 14.0 Å². The van der Waals surface area contributed by atoms with Crippen molar-refractivity contribution in [3.05, 3.63) is 123 Å². The fourth-order valence-electron chi connectivity index (χ4n) is 6.34. The Hall–Kier alpha value is -5.30. The molecule has 6 aromatic rings. The number of hydrogen-bond donors (Lipinski definition) is 3. The van der Waals surface area contributed by atoms with E-state index in [0.29, 0.717) is 58.4 Å². The first-order valence-corrected chi connectivity index (χ1v) is 16.8. The van der Waals surface area contributed by atoms with Crippen molar-refractivity contribution < 1.29 is 18.7 Å². The van der Waals surface area contributed by atoms with Crippen LogP contribution in [0.2, 0.25) is 5.02 Å². The molecule has 2 aliphatic rings. The molecular weight excluding hydrogens is 661 g/mol. The number of benzene rings is 3. The predicted octanol–water partition coefficient (Wildman–Crippen LogP) is 6.30. The second kappa shape index (κ2) is 13.5. The fourth-order valence-corrected chi connectivity index (χ4v) is 6.49. The standard InChI is InChI=1S/C37H33ClFN7O4/c38-25-6-4-24(28(39)17-25)21-50-35-3-1-2-29(42-35)22-10-13-45(14-11-22)20-34-41-31-8-5-23(16-33(31)46(34)19-27-12-15-49-27)36(47)40-26-7-9-30-32(18-26)44-37(48)43-30/h1-10,16-18,27H,11-15,19-21H2,(H,40,47)(H2,43,44,48). The molecule has 3 N–H and O–H groups in total. The summed E-state index contributed by atoms with van der Waals surface area (Å²) >= 11 is 5.87. The van der Waals surface area contributed by atoms with E-state index >= 15 is 0 Å². The van der Waals surface area contributed by atoms with Crippen LogP contribution >= 0.6 is 11.6 Å². The van der Waals surface area contributed by atoms with Gasteiger partial charge in [0.25, 0.3) is 5.91 Å². The average Bonchev–Trinajstić information content (AvgIpc) is 3.64. The number of fused-ring (bicyclic) bond motifs is 2. The van der Waals surface area contributed by atoms with Crippen LogP contribution in [0, 0.1) is 5.82 Å². The molecule has 3 aromatic carbocycles. The summed E-state index contributed by atoms with van der Waals surface area (Å²) in [7, 11) is 0. The normalized spacial score (nSPS) is 16.4. The number of imidazole rings is 2. The minimum absolute atomic E-state index is 0.0543. The summed E-state index contributed by atoms with van der Waals surface area (Å²) in [4.78, 5) is 42.4. The van der Waals surface area contributed by atoms with Gasteiger partial charge in [0.2, 0.25) is 5.88 Å². The molecule has 2 aliphatic heterocycles. The van der Waals surface area contributed by atoms with Gasteiger partial charge in [-0.25, -0.2) is 19.2 Å². The number of H-pyrrole nitrogens is 2. The van der Waals surface area contributed by atoms with Crippen molar-refractivity contribution in [1.29, 1.82) is 0 Å². The summed E-state index contributed by atoms with van der Waals surface area (Å²) in [5.41, 5.74) is 6.13. The lowest BCUT2D eigenvalue weighted by Crippen LogP contribution is -2.33. The minimum atomic E-state index is -0.412. The van der Waals surface area contributed by atoms with Gasteiger partial charge in [0.1, 0.15) is 18.2 Å². The van der Waals surface area contributed by atoms with Crippen LogP contribution in [0.4, 0.5) is 10.1 Å². The van der Waals surface area contributed by atoms with E-state index in [-0.39, 0.29) is 24.3 Å². The van der Waals surface area contributed by atoms with Crippen LogP contribution in [0.1, 0.15) is 40.3 Å². The molecule has 8 rings (SSSR count). The van der Waals surface area contributed by atoms with Crippen LogP contribution in [0.15, 0.2) is 83.7 Å². The monoisotopic (exact) mass is 693 g/mol. The Bertz CT molecular complexity index is 2330. The maximum absolute atomic E-state index is 14.2. The fraction of sp³-hybridized carbons (Fsp3) is 0.243. The maximum atomic E-state index is 14.2. The molecule has 0 spiro atoms. The van der Waals surface area contributed by atoms with Gasteiger partial charge in [-0.05, 0) is 73.0 Å². The van der Waals surface area contributed by atoms with Gasteiger partial charge >= 0.3 is 5.69 Å². The third kappa shape index (κ3) is 6.77. The van der Waals surface area contributed by atoms with Gasteiger partial charge in [-0.15, -0.1) is 0 Å². The Labute approximate surface area is 290 Å². The van der Waals surface area contributed by atoms with Gasteiger partial charge < -0.3 is 29.3 Å². The van der Waals surface area contributed by atoms with Gasteiger partial charge in [-0.1, -0.05) is 29.8 Å². The van der Waals surface area contributed by atoms with Gasteiger partial charge in [0, 0.05) is 47.6 Å². The summed E-state index contributed by atoms with van der Waals surface area (Å²) < 4.78 is 28.0. The van der Waals surface area contributed by atoms with Crippen molar-refractivity contribution in [3.63, 3.8) is 0 Å². The molecule has 0 saturated carbocycles. The van der Waals surface area contributed by atoms with Crippen LogP contribution in [-0.2, 0) is 24.4 Å². The number of nitrogens with zero attached hydrogens (tertiary/aromatic N) is 4. The van der Waals surface area contributed by atoms with Crippen molar-refractivity contribution in [3.8, 4) is 5.88 Å². The quantitative estimate of drug-likeness (QED) is 0.154. The maximum Gasteiger partial charge on any atom is 0.323 e. The highest BCUT2D eigenvalue weighted by Gasteiger charge is 2.24. The van der Waals surface area contributed by atoms with Gasteiger partial charge in [0.05, 0.1) is 47.0 Å². The van der Waals surface area contributed by atoms with Crippen molar-refractivity contribution in [1.82, 2.24) is 29.4 Å². The SMILES string of the molecule is O=C(Nc1ccc2[nH]c(=O)[nH]c2c1)c1ccc2nc(CN3CC=C(c4cccc(OCc5ccc(Cl)cc5F)n4)CC3)n(CC3CCO3)c2c1. The van der Waals surface area contributed by atoms with E-state index in [0.717, 1.165) is 54.1 Å². The average molecular weight is 694 g/mol. The molecule has 1 unspecified atom stereocenters. The molecule has 1 atom stereocenters. The zero-order valence-electron chi connectivity index (χ0n) is 26.9. The van der Waals surface area contributed by atoms with E-state index in [1.165, 1.54) is 6.07 Å². The number of pyridine rings is 1. The highest BCUT2D eigenvalue weighted by atomic mass is 35.5. The van der Waals surface area contributed by atoms with E-state index < -0.39 is 5.82 Å². The molecule has 0 aliphatic carbocycles. The molecule has 0 radical (unpaired) electrons. The first-order chi connectivity index (χ1) is 24.3. The van der Waals surface area contributed by atoms with Gasteiger partial charge in [-0.2, -0.15) is 0 Å². The van der Waals surface area contributed by atoms with Crippen molar-refractivity contribution in [2.24, 2.45) is 0 Å². The number of anilines is 1. The molecule has 254 valence electrons. The Morgan fingerprint density at radius 2 is 1.94 bits per heavy atom. The zero-order chi connectivity index (χ0) is 34.2. The first kappa shape index (κ1) is 31.9. The topological polar surface area (TPSA) is 130 Å². The largest absolute Gasteiger partial charge is 0.473 e. The van der Waals surface area contributed by atoms with Gasteiger partial charge in [-0.3, -0.25) is 9.69 Å². The number of amides is 1. The van der Waals surface area contributed by atoms with E-state index in [1.54, 1.807) is 42.5 Å². The molecule has 1 amide bonds. The van der Waals surface area contributed by atoms with E-state index in [4.69, 9.17) is 26.1 Å². The minimum Gasteiger partial charge on any atom is -0.473 e. The van der Waals surface area contributed by atoms with E-state index in [2.05, 4.69) is 35.8 Å². The number of rotatable bonds is 10. The molecule has 1 fully saturated rings. The van der Waals surface area contributed by atoms with Crippen molar-refractivity contribution in [2.45, 2.75) is 38.6 Å². The summed E-state index contributed by atoms with van der Waals surface area (Å²) in [6, 6.07) is 20.9. The van der Waals surface area contributed by atoms with Gasteiger partial charge in [0.15, 0.2) is 0 Å². The molecule has 0 bridgehead atoms.